The van der Waals surface area contributed by atoms with E-state index >= 15 is 0 Å². The van der Waals surface area contributed by atoms with E-state index in [0.29, 0.717) is 0 Å². The van der Waals surface area contributed by atoms with Crippen LogP contribution in [-0.2, 0) is 0 Å². The summed E-state index contributed by atoms with van der Waals surface area (Å²) in [5.41, 5.74) is 9.93. The Balaban J connectivity index is 2.62. The van der Waals surface area contributed by atoms with Gasteiger partial charge in [-0.3, -0.25) is 0 Å². The van der Waals surface area contributed by atoms with Crippen molar-refractivity contribution in [2.45, 2.75) is 13.8 Å². The second kappa shape index (κ2) is 3.18. The lowest BCUT2D eigenvalue weighted by Crippen LogP contribution is -1.98. The SMILES string of the molecule is Cc1ccc(N)cc1-n1cncc1C. The molecule has 0 spiro atoms. The number of hydrogen-bond donors (Lipinski definition) is 1. The van der Waals surface area contributed by atoms with Gasteiger partial charge in [0, 0.05) is 17.6 Å². The molecule has 1 aromatic carbocycles. The third-order valence-electron chi connectivity index (χ3n) is 2.32. The van der Waals surface area contributed by atoms with Crippen LogP contribution in [0.3, 0.4) is 0 Å². The van der Waals surface area contributed by atoms with E-state index in [1.807, 2.05) is 35.9 Å². The van der Waals surface area contributed by atoms with Gasteiger partial charge in [0.25, 0.3) is 0 Å². The number of nitrogens with two attached hydrogens (primary N) is 1. The topological polar surface area (TPSA) is 43.8 Å². The fourth-order valence-electron chi connectivity index (χ4n) is 1.50. The first-order valence-corrected chi connectivity index (χ1v) is 4.54. The highest BCUT2D eigenvalue weighted by molar-refractivity contribution is 5.52. The quantitative estimate of drug-likeness (QED) is 0.694. The molecule has 0 fully saturated rings. The van der Waals surface area contributed by atoms with Gasteiger partial charge in [-0.05, 0) is 31.5 Å². The zero-order valence-corrected chi connectivity index (χ0v) is 8.36. The van der Waals surface area contributed by atoms with Crippen LogP contribution in [0.25, 0.3) is 5.69 Å². The molecule has 3 nitrogen and oxygen atoms in total. The summed E-state index contributed by atoms with van der Waals surface area (Å²) in [4.78, 5) is 4.09. The maximum Gasteiger partial charge on any atom is 0.0994 e. The van der Waals surface area contributed by atoms with E-state index in [1.165, 1.54) is 5.56 Å². The molecule has 2 N–H and O–H groups in total. The second-order valence-electron chi connectivity index (χ2n) is 3.45. The number of imidazole rings is 1. The summed E-state index contributed by atoms with van der Waals surface area (Å²) in [5.74, 6) is 0. The zero-order chi connectivity index (χ0) is 10.1. The number of rotatable bonds is 1. The first-order valence-electron chi connectivity index (χ1n) is 4.54. The van der Waals surface area contributed by atoms with E-state index in [4.69, 9.17) is 5.73 Å². The van der Waals surface area contributed by atoms with E-state index in [0.717, 1.165) is 17.1 Å². The minimum absolute atomic E-state index is 0.777. The second-order valence-corrected chi connectivity index (χ2v) is 3.45. The number of aryl methyl sites for hydroxylation is 2. The van der Waals surface area contributed by atoms with Crippen molar-refractivity contribution in [1.29, 1.82) is 0 Å². The van der Waals surface area contributed by atoms with Crippen molar-refractivity contribution in [3.63, 3.8) is 0 Å². The van der Waals surface area contributed by atoms with Gasteiger partial charge in [-0.2, -0.15) is 0 Å². The molecule has 0 aliphatic heterocycles. The number of benzene rings is 1. The molecule has 0 bridgehead atoms. The normalized spacial score (nSPS) is 10.4. The number of aromatic nitrogens is 2. The Hall–Kier alpha value is -1.77. The highest BCUT2D eigenvalue weighted by Crippen LogP contribution is 2.18. The zero-order valence-electron chi connectivity index (χ0n) is 8.36. The van der Waals surface area contributed by atoms with Gasteiger partial charge in [0.2, 0.25) is 0 Å². The van der Waals surface area contributed by atoms with E-state index in [1.54, 1.807) is 6.33 Å². The Bertz CT molecular complexity index is 457. The predicted octanol–water partition coefficient (Wildman–Crippen LogP) is 2.07. The van der Waals surface area contributed by atoms with Crippen molar-refractivity contribution in [2.24, 2.45) is 0 Å². The molecular formula is C11H13N3. The van der Waals surface area contributed by atoms with Crippen molar-refractivity contribution >= 4 is 5.69 Å². The fourth-order valence-corrected chi connectivity index (χ4v) is 1.50. The first kappa shape index (κ1) is 8.81. The lowest BCUT2D eigenvalue weighted by atomic mass is 10.2. The van der Waals surface area contributed by atoms with Crippen LogP contribution in [0.4, 0.5) is 5.69 Å². The molecule has 0 saturated heterocycles. The largest absolute Gasteiger partial charge is 0.399 e. The summed E-state index contributed by atoms with van der Waals surface area (Å²) in [5, 5.41) is 0. The highest BCUT2D eigenvalue weighted by atomic mass is 15.0. The van der Waals surface area contributed by atoms with Crippen LogP contribution >= 0.6 is 0 Å². The molecule has 0 atom stereocenters. The average Bonchev–Trinajstić information content (AvgIpc) is 2.56. The van der Waals surface area contributed by atoms with Crippen LogP contribution in [0.2, 0.25) is 0 Å². The first-order chi connectivity index (χ1) is 6.68. The van der Waals surface area contributed by atoms with Crippen LogP contribution in [0, 0.1) is 13.8 Å². The standard InChI is InChI=1S/C11H13N3/c1-8-3-4-10(12)5-11(8)14-7-13-6-9(14)2/h3-7H,12H2,1-2H3. The Morgan fingerprint density at radius 3 is 2.71 bits per heavy atom. The van der Waals surface area contributed by atoms with Crippen molar-refractivity contribution < 1.29 is 0 Å². The van der Waals surface area contributed by atoms with E-state index in [2.05, 4.69) is 11.9 Å². The van der Waals surface area contributed by atoms with E-state index in [9.17, 15) is 0 Å². The Morgan fingerprint density at radius 1 is 1.29 bits per heavy atom. The number of nitrogens with zero attached hydrogens (tertiary/aromatic N) is 2. The van der Waals surface area contributed by atoms with Crippen LogP contribution in [-0.4, -0.2) is 9.55 Å². The summed E-state index contributed by atoms with van der Waals surface area (Å²) < 4.78 is 2.03. The molecule has 2 aromatic rings. The molecule has 0 saturated carbocycles. The highest BCUT2D eigenvalue weighted by Gasteiger charge is 2.03. The van der Waals surface area contributed by atoms with Gasteiger partial charge in [0.1, 0.15) is 0 Å². The average molecular weight is 187 g/mol. The van der Waals surface area contributed by atoms with E-state index < -0.39 is 0 Å². The molecular weight excluding hydrogens is 174 g/mol. The third kappa shape index (κ3) is 1.37. The summed E-state index contributed by atoms with van der Waals surface area (Å²) >= 11 is 0. The van der Waals surface area contributed by atoms with Gasteiger partial charge >= 0.3 is 0 Å². The number of nitrogen functional groups attached to an aromatic ring is 1. The molecule has 1 aromatic heterocycles. The van der Waals surface area contributed by atoms with Crippen molar-refractivity contribution in [1.82, 2.24) is 9.55 Å². The molecule has 0 amide bonds. The number of hydrogen-bond acceptors (Lipinski definition) is 2. The Labute approximate surface area is 83.2 Å². The summed E-state index contributed by atoms with van der Waals surface area (Å²) in [6.45, 7) is 4.09. The number of anilines is 1. The van der Waals surface area contributed by atoms with Crippen LogP contribution in [0.15, 0.2) is 30.7 Å². The summed E-state index contributed by atoms with van der Waals surface area (Å²) in [6.07, 6.45) is 3.64. The minimum atomic E-state index is 0.777. The maximum atomic E-state index is 5.75. The fraction of sp³-hybridized carbons (Fsp3) is 0.182. The van der Waals surface area contributed by atoms with Crippen molar-refractivity contribution in [2.75, 3.05) is 5.73 Å². The molecule has 1 heterocycles. The molecule has 72 valence electrons. The molecule has 0 aliphatic rings. The van der Waals surface area contributed by atoms with Crippen molar-refractivity contribution in [3.05, 3.63) is 42.0 Å². The predicted molar refractivity (Wildman–Crippen MR) is 57.5 cm³/mol. The molecule has 0 aliphatic carbocycles. The van der Waals surface area contributed by atoms with Gasteiger partial charge < -0.3 is 10.3 Å². The molecule has 14 heavy (non-hydrogen) atoms. The van der Waals surface area contributed by atoms with Gasteiger partial charge in [-0.1, -0.05) is 6.07 Å². The van der Waals surface area contributed by atoms with Crippen molar-refractivity contribution in [3.8, 4) is 5.69 Å². The maximum absolute atomic E-state index is 5.75. The lowest BCUT2D eigenvalue weighted by molar-refractivity contribution is 0.992. The van der Waals surface area contributed by atoms with Gasteiger partial charge in [0.15, 0.2) is 0 Å². The summed E-state index contributed by atoms with van der Waals surface area (Å²) in [7, 11) is 0. The van der Waals surface area contributed by atoms with Gasteiger partial charge in [0.05, 0.1) is 12.0 Å². The molecule has 3 heteroatoms. The monoisotopic (exact) mass is 187 g/mol. The lowest BCUT2D eigenvalue weighted by Gasteiger charge is -2.09. The van der Waals surface area contributed by atoms with Crippen LogP contribution < -0.4 is 5.73 Å². The van der Waals surface area contributed by atoms with Crippen LogP contribution in [0.5, 0.6) is 0 Å². The molecule has 0 radical (unpaired) electrons. The van der Waals surface area contributed by atoms with Crippen LogP contribution in [0.1, 0.15) is 11.3 Å². The van der Waals surface area contributed by atoms with Gasteiger partial charge in [-0.15, -0.1) is 0 Å². The molecule has 2 rings (SSSR count). The summed E-state index contributed by atoms with van der Waals surface area (Å²) in [6, 6.07) is 5.89. The molecule has 0 unspecified atom stereocenters. The third-order valence-corrected chi connectivity index (χ3v) is 2.32. The minimum Gasteiger partial charge on any atom is -0.399 e. The van der Waals surface area contributed by atoms with E-state index in [-0.39, 0.29) is 0 Å². The Kier molecular flexibility index (Phi) is 2.00. The van der Waals surface area contributed by atoms with Gasteiger partial charge in [-0.25, -0.2) is 4.98 Å². The smallest absolute Gasteiger partial charge is 0.0994 e. The Morgan fingerprint density at radius 2 is 2.07 bits per heavy atom.